The molecule has 0 spiro atoms. The Balaban J connectivity index is 2.19. The highest BCUT2D eigenvalue weighted by Crippen LogP contribution is 2.22. The third-order valence-electron chi connectivity index (χ3n) is 3.22. The number of hydrogen-bond acceptors (Lipinski definition) is 3. The van der Waals surface area contributed by atoms with E-state index in [1.54, 1.807) is 4.90 Å². The van der Waals surface area contributed by atoms with Crippen molar-refractivity contribution in [1.82, 2.24) is 4.90 Å². The Labute approximate surface area is 107 Å². The SMILES string of the molecule is COC(=O)[C@H]1CCN1C(=O)c1cc(C)cc(C)c1. The lowest BCUT2D eigenvalue weighted by Crippen LogP contribution is -2.55. The first kappa shape index (κ1) is 12.6. The molecule has 1 amide bonds. The van der Waals surface area contributed by atoms with E-state index in [1.807, 2.05) is 32.0 Å². The number of nitrogens with zero attached hydrogens (tertiary/aromatic N) is 1. The zero-order chi connectivity index (χ0) is 13.3. The summed E-state index contributed by atoms with van der Waals surface area (Å²) in [6.07, 6.45) is 0.684. The molecule has 1 heterocycles. The maximum absolute atomic E-state index is 12.3. The highest BCUT2D eigenvalue weighted by atomic mass is 16.5. The van der Waals surface area contributed by atoms with Crippen LogP contribution in [0.5, 0.6) is 0 Å². The number of esters is 1. The standard InChI is InChI=1S/C14H17NO3/c1-9-6-10(2)8-11(7-9)13(16)15-5-4-12(15)14(17)18-3/h6-8,12H,4-5H2,1-3H3/t12-/m1/s1. The molecule has 1 aromatic carbocycles. The van der Waals surface area contributed by atoms with E-state index in [2.05, 4.69) is 4.74 Å². The van der Waals surface area contributed by atoms with Crippen LogP contribution in [0, 0.1) is 13.8 Å². The van der Waals surface area contributed by atoms with Gasteiger partial charge in [0.2, 0.25) is 0 Å². The van der Waals surface area contributed by atoms with Gasteiger partial charge in [-0.05, 0) is 32.4 Å². The summed E-state index contributed by atoms with van der Waals surface area (Å²) < 4.78 is 4.69. The second kappa shape index (κ2) is 4.80. The molecule has 0 aromatic heterocycles. The second-order valence-corrected chi connectivity index (χ2v) is 4.70. The molecule has 1 fully saturated rings. The first-order valence-electron chi connectivity index (χ1n) is 6.00. The third-order valence-corrected chi connectivity index (χ3v) is 3.22. The average Bonchev–Trinajstić information content (AvgIpc) is 2.25. The summed E-state index contributed by atoms with van der Waals surface area (Å²) in [5.74, 6) is -0.428. The first-order chi connectivity index (χ1) is 8.52. The predicted molar refractivity (Wildman–Crippen MR) is 67.4 cm³/mol. The number of methoxy groups -OCH3 is 1. The van der Waals surface area contributed by atoms with Gasteiger partial charge in [-0.25, -0.2) is 4.79 Å². The van der Waals surface area contributed by atoms with Gasteiger partial charge in [0, 0.05) is 12.1 Å². The molecule has 1 aliphatic heterocycles. The molecule has 0 saturated carbocycles. The predicted octanol–water partition coefficient (Wildman–Crippen LogP) is 1.69. The number of ether oxygens (including phenoxy) is 1. The van der Waals surface area contributed by atoms with E-state index in [0.29, 0.717) is 18.5 Å². The molecule has 0 N–H and O–H groups in total. The fraction of sp³-hybridized carbons (Fsp3) is 0.429. The fourth-order valence-corrected chi connectivity index (χ4v) is 2.28. The van der Waals surface area contributed by atoms with Crippen LogP contribution in [0.2, 0.25) is 0 Å². The van der Waals surface area contributed by atoms with Crippen LogP contribution < -0.4 is 0 Å². The number of carbonyl (C=O) groups excluding carboxylic acids is 2. The molecular weight excluding hydrogens is 230 g/mol. The first-order valence-corrected chi connectivity index (χ1v) is 6.00. The van der Waals surface area contributed by atoms with Crippen LogP contribution in [-0.2, 0) is 9.53 Å². The summed E-state index contributed by atoms with van der Waals surface area (Å²) in [6, 6.07) is 5.30. The van der Waals surface area contributed by atoms with E-state index >= 15 is 0 Å². The molecule has 1 aromatic rings. The minimum absolute atomic E-state index is 0.0940. The van der Waals surface area contributed by atoms with Gasteiger partial charge in [-0.15, -0.1) is 0 Å². The molecule has 96 valence electrons. The number of amides is 1. The summed E-state index contributed by atoms with van der Waals surface area (Å²) in [6.45, 7) is 4.53. The van der Waals surface area contributed by atoms with Crippen molar-refractivity contribution in [2.45, 2.75) is 26.3 Å². The van der Waals surface area contributed by atoms with Crippen molar-refractivity contribution >= 4 is 11.9 Å². The van der Waals surface area contributed by atoms with E-state index < -0.39 is 6.04 Å². The van der Waals surface area contributed by atoms with Crippen molar-refractivity contribution in [3.63, 3.8) is 0 Å². The summed E-state index contributed by atoms with van der Waals surface area (Å²) in [5, 5.41) is 0. The number of benzene rings is 1. The molecule has 0 unspecified atom stereocenters. The van der Waals surface area contributed by atoms with Gasteiger partial charge in [0.15, 0.2) is 0 Å². The molecule has 1 saturated heterocycles. The fourth-order valence-electron chi connectivity index (χ4n) is 2.28. The van der Waals surface area contributed by atoms with Gasteiger partial charge in [0.25, 0.3) is 5.91 Å². The third kappa shape index (κ3) is 2.23. The van der Waals surface area contributed by atoms with E-state index in [1.165, 1.54) is 7.11 Å². The van der Waals surface area contributed by atoms with Gasteiger partial charge in [-0.3, -0.25) is 4.79 Å². The quantitative estimate of drug-likeness (QED) is 0.747. The topological polar surface area (TPSA) is 46.6 Å². The largest absolute Gasteiger partial charge is 0.467 e. The van der Waals surface area contributed by atoms with Crippen LogP contribution in [0.15, 0.2) is 18.2 Å². The minimum atomic E-state index is -0.414. The van der Waals surface area contributed by atoms with Crippen molar-refractivity contribution in [2.24, 2.45) is 0 Å². The number of aryl methyl sites for hydroxylation is 2. The Kier molecular flexibility index (Phi) is 3.36. The number of carbonyl (C=O) groups is 2. The normalized spacial score (nSPS) is 18.2. The minimum Gasteiger partial charge on any atom is -0.467 e. The summed E-state index contributed by atoms with van der Waals surface area (Å²) in [4.78, 5) is 25.3. The van der Waals surface area contributed by atoms with Crippen molar-refractivity contribution in [2.75, 3.05) is 13.7 Å². The van der Waals surface area contributed by atoms with Gasteiger partial charge >= 0.3 is 5.97 Å². The van der Waals surface area contributed by atoms with Crippen molar-refractivity contribution in [3.05, 3.63) is 34.9 Å². The van der Waals surface area contributed by atoms with E-state index in [4.69, 9.17) is 0 Å². The Morgan fingerprint density at radius 3 is 2.28 bits per heavy atom. The maximum atomic E-state index is 12.3. The Hall–Kier alpha value is -1.84. The molecule has 18 heavy (non-hydrogen) atoms. The molecule has 0 bridgehead atoms. The van der Waals surface area contributed by atoms with E-state index in [0.717, 1.165) is 11.1 Å². The highest BCUT2D eigenvalue weighted by molar-refractivity contribution is 5.98. The van der Waals surface area contributed by atoms with Crippen LogP contribution in [0.4, 0.5) is 0 Å². The van der Waals surface area contributed by atoms with Gasteiger partial charge in [-0.1, -0.05) is 17.2 Å². The smallest absolute Gasteiger partial charge is 0.328 e. The van der Waals surface area contributed by atoms with Crippen molar-refractivity contribution in [3.8, 4) is 0 Å². The number of likely N-dealkylation sites (tertiary alicyclic amines) is 1. The van der Waals surface area contributed by atoms with Crippen molar-refractivity contribution < 1.29 is 14.3 Å². The summed E-state index contributed by atoms with van der Waals surface area (Å²) in [5.41, 5.74) is 2.74. The summed E-state index contributed by atoms with van der Waals surface area (Å²) in [7, 11) is 1.35. The Bertz CT molecular complexity index is 476. The number of hydrogen-bond donors (Lipinski definition) is 0. The number of rotatable bonds is 2. The van der Waals surface area contributed by atoms with E-state index in [9.17, 15) is 9.59 Å². The van der Waals surface area contributed by atoms with Crippen molar-refractivity contribution in [1.29, 1.82) is 0 Å². The average molecular weight is 247 g/mol. The lowest BCUT2D eigenvalue weighted by molar-refractivity contribution is -0.149. The maximum Gasteiger partial charge on any atom is 0.328 e. The van der Waals surface area contributed by atoms with Gasteiger partial charge in [0.05, 0.1) is 7.11 Å². The summed E-state index contributed by atoms with van der Waals surface area (Å²) >= 11 is 0. The molecule has 4 heteroatoms. The monoisotopic (exact) mass is 247 g/mol. The molecular formula is C14H17NO3. The molecule has 0 aliphatic carbocycles. The van der Waals surface area contributed by atoms with Crippen LogP contribution in [0.1, 0.15) is 27.9 Å². The van der Waals surface area contributed by atoms with Gasteiger partial charge in [0.1, 0.15) is 6.04 Å². The molecule has 0 radical (unpaired) electrons. The highest BCUT2D eigenvalue weighted by Gasteiger charge is 2.38. The zero-order valence-electron chi connectivity index (χ0n) is 10.9. The molecule has 1 atom stereocenters. The molecule has 4 nitrogen and oxygen atoms in total. The van der Waals surface area contributed by atoms with E-state index in [-0.39, 0.29) is 11.9 Å². The van der Waals surface area contributed by atoms with Gasteiger partial charge < -0.3 is 9.64 Å². The van der Waals surface area contributed by atoms with Gasteiger partial charge in [-0.2, -0.15) is 0 Å². The van der Waals surface area contributed by atoms with Crippen LogP contribution >= 0.6 is 0 Å². The zero-order valence-corrected chi connectivity index (χ0v) is 10.9. The van der Waals surface area contributed by atoms with Crippen LogP contribution in [0.3, 0.4) is 0 Å². The Morgan fingerprint density at radius 1 is 1.22 bits per heavy atom. The molecule has 2 rings (SSSR count). The Morgan fingerprint density at radius 2 is 1.83 bits per heavy atom. The van der Waals surface area contributed by atoms with Crippen LogP contribution in [-0.4, -0.2) is 36.5 Å². The van der Waals surface area contributed by atoms with Crippen LogP contribution in [0.25, 0.3) is 0 Å². The molecule has 1 aliphatic rings. The lowest BCUT2D eigenvalue weighted by atomic mass is 9.99. The lowest BCUT2D eigenvalue weighted by Gasteiger charge is -2.38. The second-order valence-electron chi connectivity index (χ2n) is 4.70.